The Balaban J connectivity index is 1.61. The molecule has 0 radical (unpaired) electrons. The van der Waals surface area contributed by atoms with Crippen LogP contribution in [-0.2, 0) is 11.0 Å². The molecular weight excluding hydrogens is 483 g/mol. The predicted molar refractivity (Wildman–Crippen MR) is 125 cm³/mol. The molecule has 0 saturated carbocycles. The summed E-state index contributed by atoms with van der Waals surface area (Å²) in [6.45, 7) is 3.91. The van der Waals surface area contributed by atoms with Crippen molar-refractivity contribution in [3.63, 3.8) is 0 Å². The van der Waals surface area contributed by atoms with Crippen LogP contribution >= 0.6 is 11.8 Å². The monoisotopic (exact) mass is 507 g/mol. The molecule has 3 rings (SSSR count). The summed E-state index contributed by atoms with van der Waals surface area (Å²) in [7, 11) is 0. The lowest BCUT2D eigenvalue weighted by Crippen LogP contribution is -2.17. The van der Waals surface area contributed by atoms with Crippen molar-refractivity contribution in [1.82, 2.24) is 4.98 Å². The van der Waals surface area contributed by atoms with E-state index in [1.165, 1.54) is 11.8 Å². The number of para-hydroxylation sites is 1. The van der Waals surface area contributed by atoms with E-state index in [9.17, 15) is 18.0 Å². The highest BCUT2D eigenvalue weighted by atomic mass is 32.2. The molecule has 0 saturated heterocycles. The fraction of sp³-hybridized carbons (Fsp3) is 0.280. The minimum atomic E-state index is -4.57. The van der Waals surface area contributed by atoms with Gasteiger partial charge in [-0.1, -0.05) is 18.2 Å². The van der Waals surface area contributed by atoms with Gasteiger partial charge in [0.05, 0.1) is 17.9 Å². The number of pyridine rings is 1. The van der Waals surface area contributed by atoms with Crippen LogP contribution in [0.25, 0.3) is 0 Å². The van der Waals surface area contributed by atoms with Gasteiger partial charge < -0.3 is 19.3 Å². The van der Waals surface area contributed by atoms with E-state index in [-0.39, 0.29) is 24.0 Å². The highest BCUT2D eigenvalue weighted by Gasteiger charge is 2.32. The van der Waals surface area contributed by atoms with Crippen molar-refractivity contribution in [2.24, 2.45) is 0 Å². The summed E-state index contributed by atoms with van der Waals surface area (Å²) in [5, 5.41) is 8.81. The number of aryl methyl sites for hydroxylation is 1. The quantitative estimate of drug-likeness (QED) is 0.293. The van der Waals surface area contributed by atoms with Crippen molar-refractivity contribution in [1.29, 1.82) is 0 Å². The Kier molecular flexibility index (Phi) is 8.86. The molecule has 1 heterocycles. The normalized spacial score (nSPS) is 12.1. The number of benzene rings is 2. The lowest BCUT2D eigenvalue weighted by atomic mass is 10.2. The Morgan fingerprint density at radius 3 is 2.51 bits per heavy atom. The highest BCUT2D eigenvalue weighted by molar-refractivity contribution is 8.00. The van der Waals surface area contributed by atoms with Gasteiger partial charge in [0, 0.05) is 23.6 Å². The number of carboxylic acids is 1. The average molecular weight is 508 g/mol. The van der Waals surface area contributed by atoms with E-state index in [0.29, 0.717) is 24.1 Å². The van der Waals surface area contributed by atoms with E-state index in [2.05, 4.69) is 4.98 Å². The molecule has 1 atom stereocenters. The molecule has 0 bridgehead atoms. The van der Waals surface area contributed by atoms with E-state index in [1.54, 1.807) is 49.4 Å². The molecule has 0 aliphatic carbocycles. The Bertz CT molecular complexity index is 1140. The summed E-state index contributed by atoms with van der Waals surface area (Å²) in [5.41, 5.74) is -0.0400. The summed E-state index contributed by atoms with van der Waals surface area (Å²) in [5.74, 6) is -0.119. The van der Waals surface area contributed by atoms with E-state index in [1.807, 2.05) is 13.0 Å². The predicted octanol–water partition coefficient (Wildman–Crippen LogP) is 6.61. The Morgan fingerprint density at radius 1 is 1.11 bits per heavy atom. The smallest absolute Gasteiger partial charge is 0.418 e. The van der Waals surface area contributed by atoms with Crippen molar-refractivity contribution in [2.45, 2.75) is 37.4 Å². The fourth-order valence-electron chi connectivity index (χ4n) is 2.97. The second-order valence-electron chi connectivity index (χ2n) is 7.62. The fourth-order valence-corrected chi connectivity index (χ4v) is 3.70. The zero-order valence-corrected chi connectivity index (χ0v) is 19.9. The third-order valence-electron chi connectivity index (χ3n) is 4.72. The number of aliphatic carboxylic acids is 1. The summed E-state index contributed by atoms with van der Waals surface area (Å²) in [6.07, 6.45) is -3.85. The van der Waals surface area contributed by atoms with E-state index in [4.69, 9.17) is 19.3 Å². The van der Waals surface area contributed by atoms with Crippen molar-refractivity contribution >= 4 is 17.7 Å². The average Bonchev–Trinajstić information content (AvgIpc) is 2.79. The van der Waals surface area contributed by atoms with Crippen LogP contribution in [0.15, 0.2) is 65.7 Å². The van der Waals surface area contributed by atoms with E-state index < -0.39 is 23.8 Å². The van der Waals surface area contributed by atoms with Crippen LogP contribution in [0.3, 0.4) is 0 Å². The number of hydrogen-bond donors (Lipinski definition) is 1. The Morgan fingerprint density at radius 2 is 1.86 bits per heavy atom. The third kappa shape index (κ3) is 8.10. The van der Waals surface area contributed by atoms with Crippen LogP contribution in [-0.4, -0.2) is 34.5 Å². The van der Waals surface area contributed by atoms with Crippen LogP contribution in [0.4, 0.5) is 13.2 Å². The topological polar surface area (TPSA) is 77.9 Å². The SMILES string of the molecule is Cc1cc(OCC[C@@H](C)Oc2ncc(C(F)(F)F)cc2Oc2ccccc2)ccc1SCC(=O)O. The maximum atomic E-state index is 13.2. The molecule has 0 amide bonds. The summed E-state index contributed by atoms with van der Waals surface area (Å²) < 4.78 is 56.7. The second kappa shape index (κ2) is 11.8. The third-order valence-corrected chi connectivity index (χ3v) is 5.88. The summed E-state index contributed by atoms with van der Waals surface area (Å²) >= 11 is 1.23. The zero-order valence-electron chi connectivity index (χ0n) is 19.0. The second-order valence-corrected chi connectivity index (χ2v) is 8.63. The van der Waals surface area contributed by atoms with Crippen molar-refractivity contribution in [3.05, 3.63) is 71.9 Å². The Hall–Kier alpha value is -3.40. The summed E-state index contributed by atoms with van der Waals surface area (Å²) in [6, 6.07) is 14.7. The molecule has 6 nitrogen and oxygen atoms in total. The number of nitrogens with zero attached hydrogens (tertiary/aromatic N) is 1. The van der Waals surface area contributed by atoms with Crippen LogP contribution in [0.1, 0.15) is 24.5 Å². The van der Waals surface area contributed by atoms with Crippen LogP contribution < -0.4 is 14.2 Å². The van der Waals surface area contributed by atoms with Crippen LogP contribution in [0.2, 0.25) is 0 Å². The zero-order chi connectivity index (χ0) is 25.4. The lowest BCUT2D eigenvalue weighted by Gasteiger charge is -2.18. The van der Waals surface area contributed by atoms with Crippen LogP contribution in [0, 0.1) is 6.92 Å². The first kappa shape index (κ1) is 26.2. The Labute approximate surface area is 205 Å². The molecular formula is C25H24F3NO5S. The first-order chi connectivity index (χ1) is 16.6. The number of rotatable bonds is 11. The van der Waals surface area contributed by atoms with Gasteiger partial charge in [-0.2, -0.15) is 13.2 Å². The number of hydrogen-bond acceptors (Lipinski definition) is 6. The number of aromatic nitrogens is 1. The van der Waals surface area contributed by atoms with Gasteiger partial charge in [-0.05, 0) is 49.7 Å². The van der Waals surface area contributed by atoms with Crippen LogP contribution in [0.5, 0.6) is 23.1 Å². The van der Waals surface area contributed by atoms with Gasteiger partial charge in [0.2, 0.25) is 0 Å². The number of ether oxygens (including phenoxy) is 3. The molecule has 0 spiro atoms. The standard InChI is InChI=1S/C25H24F3NO5S/c1-16-12-20(8-9-22(16)35-15-23(30)31)32-11-10-17(2)33-24-21(34-19-6-4-3-5-7-19)13-18(14-29-24)25(26,27)28/h3-9,12-14,17H,10-11,15H2,1-2H3,(H,30,31)/t17-/m1/s1. The number of halogens is 3. The van der Waals surface area contributed by atoms with Crippen molar-refractivity contribution < 1.29 is 37.3 Å². The number of carboxylic acid groups (broad SMARTS) is 1. The molecule has 1 aromatic heterocycles. The van der Waals surface area contributed by atoms with Gasteiger partial charge in [0.15, 0.2) is 5.75 Å². The van der Waals surface area contributed by atoms with Gasteiger partial charge in [-0.25, -0.2) is 4.98 Å². The highest BCUT2D eigenvalue weighted by Crippen LogP contribution is 2.37. The largest absolute Gasteiger partial charge is 0.493 e. The first-order valence-corrected chi connectivity index (χ1v) is 11.6. The number of thioether (sulfide) groups is 1. The van der Waals surface area contributed by atoms with Gasteiger partial charge in [0.1, 0.15) is 17.6 Å². The molecule has 2 aromatic carbocycles. The van der Waals surface area contributed by atoms with Gasteiger partial charge in [-0.15, -0.1) is 11.8 Å². The molecule has 1 N–H and O–H groups in total. The molecule has 0 fully saturated rings. The van der Waals surface area contributed by atoms with Gasteiger partial charge >= 0.3 is 12.1 Å². The summed E-state index contributed by atoms with van der Waals surface area (Å²) in [4.78, 5) is 15.4. The van der Waals surface area contributed by atoms with Crippen molar-refractivity contribution in [3.8, 4) is 23.1 Å². The minimum absolute atomic E-state index is 0.0240. The van der Waals surface area contributed by atoms with Gasteiger partial charge in [-0.3, -0.25) is 4.79 Å². The van der Waals surface area contributed by atoms with Gasteiger partial charge in [0.25, 0.3) is 5.88 Å². The lowest BCUT2D eigenvalue weighted by molar-refractivity contribution is -0.138. The first-order valence-electron chi connectivity index (χ1n) is 10.7. The number of carbonyl (C=O) groups is 1. The maximum Gasteiger partial charge on any atom is 0.418 e. The van der Waals surface area contributed by atoms with E-state index >= 15 is 0 Å². The van der Waals surface area contributed by atoms with Crippen molar-refractivity contribution in [2.75, 3.05) is 12.4 Å². The molecule has 0 aliphatic heterocycles. The molecule has 3 aromatic rings. The minimum Gasteiger partial charge on any atom is -0.493 e. The molecule has 0 aliphatic rings. The molecule has 186 valence electrons. The number of alkyl halides is 3. The molecule has 35 heavy (non-hydrogen) atoms. The molecule has 10 heteroatoms. The van der Waals surface area contributed by atoms with E-state index in [0.717, 1.165) is 16.5 Å². The molecule has 0 unspecified atom stereocenters. The maximum absolute atomic E-state index is 13.2.